The van der Waals surface area contributed by atoms with Crippen LogP contribution in [-0.2, 0) is 9.53 Å². The molecule has 11 nitrogen and oxygen atoms in total. The highest BCUT2D eigenvalue weighted by Gasteiger charge is 2.22. The normalized spacial score (nSPS) is 11.3. The smallest absolute Gasteiger partial charge is 0.338 e. The summed E-state index contributed by atoms with van der Waals surface area (Å²) in [5, 5.41) is 16.1. The summed E-state index contributed by atoms with van der Waals surface area (Å²) >= 11 is 0. The number of rotatable bonds is 8. The average Bonchev–Trinajstić information content (AvgIpc) is 3.35. The molecule has 0 aliphatic rings. The first-order valence-electron chi connectivity index (χ1n) is 9.99. The van der Waals surface area contributed by atoms with Gasteiger partial charge in [-0.25, -0.2) is 4.79 Å². The number of esters is 1. The first-order chi connectivity index (χ1) is 16.2. The third-order valence-corrected chi connectivity index (χ3v) is 4.77. The fraction of sp³-hybridized carbons (Fsp3) is 0.174. The molecule has 1 atom stereocenters. The second-order valence-electron chi connectivity index (χ2n) is 7.14. The van der Waals surface area contributed by atoms with Gasteiger partial charge in [-0.2, -0.15) is 0 Å². The zero-order valence-electron chi connectivity index (χ0n) is 18.5. The largest absolute Gasteiger partial charge is 0.495 e. The molecule has 0 saturated heterocycles. The van der Waals surface area contributed by atoms with Crippen LogP contribution in [0.4, 0.5) is 17.1 Å². The van der Waals surface area contributed by atoms with Crippen LogP contribution in [0.15, 0.2) is 59.2 Å². The number of carbonyl (C=O) groups excluding carboxylic acids is 3. The Bertz CT molecular complexity index is 1240. The second-order valence-corrected chi connectivity index (χ2v) is 7.14. The van der Waals surface area contributed by atoms with E-state index in [1.165, 1.54) is 50.6 Å². The van der Waals surface area contributed by atoms with Crippen molar-refractivity contribution in [1.29, 1.82) is 0 Å². The number of hydrogen-bond acceptors (Lipinski definition) is 8. The van der Waals surface area contributed by atoms with Gasteiger partial charge in [0.05, 0.1) is 29.5 Å². The molecule has 0 bridgehead atoms. The van der Waals surface area contributed by atoms with Crippen molar-refractivity contribution < 1.29 is 33.2 Å². The van der Waals surface area contributed by atoms with Crippen LogP contribution in [0.2, 0.25) is 0 Å². The maximum absolute atomic E-state index is 12.6. The molecule has 3 aromatic rings. The average molecular weight is 467 g/mol. The lowest BCUT2D eigenvalue weighted by atomic mass is 10.1. The summed E-state index contributed by atoms with van der Waals surface area (Å²) in [7, 11) is 1.35. The van der Waals surface area contributed by atoms with Crippen LogP contribution in [0.25, 0.3) is 0 Å². The highest BCUT2D eigenvalue weighted by molar-refractivity contribution is 6.04. The zero-order valence-corrected chi connectivity index (χ0v) is 18.5. The molecule has 176 valence electrons. The van der Waals surface area contributed by atoms with Crippen LogP contribution < -0.4 is 15.4 Å². The molecule has 1 aromatic heterocycles. The number of non-ortho nitro benzene ring substituents is 1. The summed E-state index contributed by atoms with van der Waals surface area (Å²) in [5.74, 6) is -1.70. The molecule has 11 heteroatoms. The first kappa shape index (κ1) is 24.0. The predicted octanol–water partition coefficient (Wildman–Crippen LogP) is 3.94. The van der Waals surface area contributed by atoms with Gasteiger partial charge in [-0.15, -0.1) is 0 Å². The Labute approximate surface area is 193 Å². The lowest BCUT2D eigenvalue weighted by molar-refractivity contribution is -0.384. The van der Waals surface area contributed by atoms with E-state index in [0.717, 1.165) is 6.07 Å². The number of nitrogens with one attached hydrogen (secondary N) is 2. The van der Waals surface area contributed by atoms with Gasteiger partial charge in [-0.05, 0) is 49.7 Å². The maximum Gasteiger partial charge on any atom is 0.338 e. The Hall–Kier alpha value is -4.67. The zero-order chi connectivity index (χ0) is 24.8. The van der Waals surface area contributed by atoms with Gasteiger partial charge < -0.3 is 24.5 Å². The summed E-state index contributed by atoms with van der Waals surface area (Å²) in [5.41, 5.74) is 0.981. The Morgan fingerprint density at radius 2 is 1.82 bits per heavy atom. The van der Waals surface area contributed by atoms with Crippen LogP contribution in [0.5, 0.6) is 5.75 Å². The molecule has 1 unspecified atom stereocenters. The number of furan rings is 1. The molecular formula is C23H21N3O8. The lowest BCUT2D eigenvalue weighted by Crippen LogP contribution is -2.30. The number of amides is 2. The van der Waals surface area contributed by atoms with Crippen molar-refractivity contribution in [1.82, 2.24) is 0 Å². The van der Waals surface area contributed by atoms with Crippen molar-refractivity contribution >= 4 is 34.8 Å². The van der Waals surface area contributed by atoms with E-state index in [-0.39, 0.29) is 28.4 Å². The number of nitro groups is 1. The van der Waals surface area contributed by atoms with Crippen LogP contribution in [0.1, 0.15) is 33.4 Å². The number of anilines is 2. The summed E-state index contributed by atoms with van der Waals surface area (Å²) in [6.07, 6.45) is 0.129. The Balaban J connectivity index is 1.69. The van der Waals surface area contributed by atoms with Gasteiger partial charge in [0.1, 0.15) is 5.75 Å². The van der Waals surface area contributed by atoms with E-state index in [0.29, 0.717) is 11.3 Å². The Morgan fingerprint density at radius 3 is 2.47 bits per heavy atom. The number of ether oxygens (including phenoxy) is 2. The van der Waals surface area contributed by atoms with Crippen molar-refractivity contribution in [3.8, 4) is 5.75 Å². The van der Waals surface area contributed by atoms with E-state index in [9.17, 15) is 24.5 Å². The minimum Gasteiger partial charge on any atom is -0.495 e. The molecule has 1 heterocycles. The molecule has 2 amide bonds. The Morgan fingerprint density at radius 1 is 1.06 bits per heavy atom. The number of benzene rings is 2. The van der Waals surface area contributed by atoms with Crippen molar-refractivity contribution in [3.63, 3.8) is 0 Å². The number of hydrogen-bond donors (Lipinski definition) is 2. The number of nitrogens with zero attached hydrogens (tertiary/aromatic N) is 1. The second kappa shape index (κ2) is 10.3. The fourth-order valence-electron chi connectivity index (χ4n) is 2.90. The minimum atomic E-state index is -1.24. The van der Waals surface area contributed by atoms with Crippen LogP contribution in [0, 0.1) is 17.0 Å². The minimum absolute atomic E-state index is 0.0582. The van der Waals surface area contributed by atoms with Gasteiger partial charge in [0.15, 0.2) is 11.9 Å². The van der Waals surface area contributed by atoms with Gasteiger partial charge in [0.25, 0.3) is 17.5 Å². The molecule has 3 rings (SSSR count). The lowest BCUT2D eigenvalue weighted by Gasteiger charge is -2.16. The monoisotopic (exact) mass is 467 g/mol. The highest BCUT2D eigenvalue weighted by atomic mass is 16.6. The van der Waals surface area contributed by atoms with Gasteiger partial charge in [-0.1, -0.05) is 6.07 Å². The van der Waals surface area contributed by atoms with Gasteiger partial charge in [0.2, 0.25) is 0 Å². The van der Waals surface area contributed by atoms with Gasteiger partial charge in [0, 0.05) is 17.8 Å². The van der Waals surface area contributed by atoms with Crippen molar-refractivity contribution in [3.05, 3.63) is 81.8 Å². The topological polar surface area (TPSA) is 150 Å². The van der Waals surface area contributed by atoms with E-state index >= 15 is 0 Å². The first-order valence-corrected chi connectivity index (χ1v) is 9.99. The van der Waals surface area contributed by atoms with E-state index in [1.54, 1.807) is 19.1 Å². The molecule has 0 aliphatic carbocycles. The Kier molecular flexibility index (Phi) is 7.26. The molecule has 2 N–H and O–H groups in total. The quantitative estimate of drug-likeness (QED) is 0.287. The van der Waals surface area contributed by atoms with E-state index in [4.69, 9.17) is 13.9 Å². The molecule has 0 radical (unpaired) electrons. The number of carbonyl (C=O) groups is 3. The standard InChI is InChI=1S/C23H21N3O8/c1-13-6-7-15(11-17(13)24-22(28)20-5-4-10-33-20)23(29)34-14(2)21(27)25-18-12-16(26(30)31)8-9-19(18)32-3/h4-12,14H,1-3H3,(H,24,28)(H,25,27). The maximum atomic E-state index is 12.6. The summed E-state index contributed by atoms with van der Waals surface area (Å²) in [6, 6.07) is 11.3. The van der Waals surface area contributed by atoms with Crippen LogP contribution in [-0.4, -0.2) is 35.9 Å². The summed E-state index contributed by atoms with van der Waals surface area (Å²) in [6.45, 7) is 3.10. The fourth-order valence-corrected chi connectivity index (χ4v) is 2.90. The molecule has 0 spiro atoms. The van der Waals surface area contributed by atoms with E-state index in [1.807, 2.05) is 0 Å². The SMILES string of the molecule is COc1ccc([N+](=O)[O-])cc1NC(=O)C(C)OC(=O)c1ccc(C)c(NC(=O)c2ccco2)c1. The predicted molar refractivity (Wildman–Crippen MR) is 121 cm³/mol. The third-order valence-electron chi connectivity index (χ3n) is 4.77. The van der Waals surface area contributed by atoms with Crippen LogP contribution in [0.3, 0.4) is 0 Å². The summed E-state index contributed by atoms with van der Waals surface area (Å²) < 4.78 is 15.4. The van der Waals surface area contributed by atoms with Crippen molar-refractivity contribution in [2.45, 2.75) is 20.0 Å². The van der Waals surface area contributed by atoms with E-state index < -0.39 is 28.8 Å². The van der Waals surface area contributed by atoms with E-state index in [2.05, 4.69) is 10.6 Å². The molecule has 0 saturated carbocycles. The number of aryl methyl sites for hydroxylation is 1. The van der Waals surface area contributed by atoms with Crippen LogP contribution >= 0.6 is 0 Å². The number of nitro benzene ring substituents is 1. The number of methoxy groups -OCH3 is 1. The summed E-state index contributed by atoms with van der Waals surface area (Å²) in [4.78, 5) is 47.8. The molecule has 2 aromatic carbocycles. The molecule has 0 fully saturated rings. The molecular weight excluding hydrogens is 446 g/mol. The van der Waals surface area contributed by atoms with Crippen molar-refractivity contribution in [2.75, 3.05) is 17.7 Å². The third kappa shape index (κ3) is 5.57. The van der Waals surface area contributed by atoms with Crippen molar-refractivity contribution in [2.24, 2.45) is 0 Å². The highest BCUT2D eigenvalue weighted by Crippen LogP contribution is 2.29. The molecule has 34 heavy (non-hydrogen) atoms. The van der Waals surface area contributed by atoms with Gasteiger partial charge >= 0.3 is 5.97 Å². The molecule has 0 aliphatic heterocycles. The van der Waals surface area contributed by atoms with Gasteiger partial charge in [-0.3, -0.25) is 19.7 Å².